The molecule has 2 aromatic rings. The van der Waals surface area contributed by atoms with E-state index in [9.17, 15) is 0 Å². The number of oxazole rings is 1. The van der Waals surface area contributed by atoms with E-state index in [4.69, 9.17) is 4.42 Å². The Labute approximate surface area is 78.4 Å². The minimum Gasteiger partial charge on any atom is -0.445 e. The standard InChI is InChI=1S/C9H5BrNO/c10-8-3-1-7(2-4-8)9-11-5-6-12-9/h1,3-6H. The van der Waals surface area contributed by atoms with Gasteiger partial charge in [0, 0.05) is 10.0 Å². The summed E-state index contributed by atoms with van der Waals surface area (Å²) in [6.07, 6.45) is 3.16. The fourth-order valence-electron chi connectivity index (χ4n) is 0.895. The molecule has 1 aromatic carbocycles. The molecule has 0 N–H and O–H groups in total. The number of hydrogen-bond acceptors (Lipinski definition) is 2. The zero-order chi connectivity index (χ0) is 8.39. The molecule has 3 heteroatoms. The summed E-state index contributed by atoms with van der Waals surface area (Å²) < 4.78 is 6.10. The van der Waals surface area contributed by atoms with Crippen LogP contribution < -0.4 is 0 Å². The molecule has 59 valence electrons. The predicted molar refractivity (Wildman–Crippen MR) is 48.5 cm³/mol. The summed E-state index contributed by atoms with van der Waals surface area (Å²) in [6, 6.07) is 8.69. The Morgan fingerprint density at radius 2 is 2.33 bits per heavy atom. The Morgan fingerprint density at radius 1 is 1.42 bits per heavy atom. The van der Waals surface area contributed by atoms with Crippen molar-refractivity contribution in [3.63, 3.8) is 0 Å². The second kappa shape index (κ2) is 3.11. The van der Waals surface area contributed by atoms with Gasteiger partial charge in [-0.15, -0.1) is 0 Å². The van der Waals surface area contributed by atoms with E-state index < -0.39 is 0 Å². The Kier molecular flexibility index (Phi) is 1.96. The van der Waals surface area contributed by atoms with Crippen molar-refractivity contribution in [2.45, 2.75) is 0 Å². The lowest BCUT2D eigenvalue weighted by Crippen LogP contribution is -1.75. The first-order valence-electron chi connectivity index (χ1n) is 3.43. The number of hydrogen-bond donors (Lipinski definition) is 0. The first-order valence-corrected chi connectivity index (χ1v) is 4.22. The van der Waals surface area contributed by atoms with Gasteiger partial charge in [-0.3, -0.25) is 0 Å². The largest absolute Gasteiger partial charge is 0.445 e. The number of halogens is 1. The van der Waals surface area contributed by atoms with Crippen molar-refractivity contribution >= 4 is 15.9 Å². The predicted octanol–water partition coefficient (Wildman–Crippen LogP) is 2.90. The van der Waals surface area contributed by atoms with Gasteiger partial charge in [0.1, 0.15) is 6.26 Å². The van der Waals surface area contributed by atoms with Gasteiger partial charge in [-0.25, -0.2) is 4.98 Å². The van der Waals surface area contributed by atoms with Crippen molar-refractivity contribution in [1.29, 1.82) is 0 Å². The van der Waals surface area contributed by atoms with E-state index in [1.807, 2.05) is 18.2 Å². The van der Waals surface area contributed by atoms with Crippen molar-refractivity contribution in [2.24, 2.45) is 0 Å². The summed E-state index contributed by atoms with van der Waals surface area (Å²) in [7, 11) is 0. The molecule has 0 amide bonds. The van der Waals surface area contributed by atoms with Crippen molar-refractivity contribution in [1.82, 2.24) is 4.98 Å². The molecule has 1 radical (unpaired) electrons. The maximum Gasteiger partial charge on any atom is 0.226 e. The van der Waals surface area contributed by atoms with Crippen LogP contribution >= 0.6 is 15.9 Å². The summed E-state index contributed by atoms with van der Waals surface area (Å²) >= 11 is 3.33. The first kappa shape index (κ1) is 7.55. The highest BCUT2D eigenvalue weighted by Crippen LogP contribution is 2.18. The minimum atomic E-state index is 0.600. The molecule has 0 saturated heterocycles. The molecule has 0 saturated carbocycles. The van der Waals surface area contributed by atoms with E-state index in [1.165, 1.54) is 0 Å². The lowest BCUT2D eigenvalue weighted by atomic mass is 10.2. The Bertz CT molecular complexity index is 353. The van der Waals surface area contributed by atoms with E-state index >= 15 is 0 Å². The molecule has 2 nitrogen and oxygen atoms in total. The number of rotatable bonds is 1. The number of benzene rings is 1. The fraction of sp³-hybridized carbons (Fsp3) is 0. The summed E-state index contributed by atoms with van der Waals surface area (Å²) in [5.74, 6) is 0.600. The van der Waals surface area contributed by atoms with Crippen molar-refractivity contribution in [3.8, 4) is 11.5 Å². The molecule has 1 aromatic heterocycles. The molecule has 0 fully saturated rings. The Hall–Kier alpha value is -1.09. The molecule has 0 atom stereocenters. The monoisotopic (exact) mass is 222 g/mol. The molecule has 2 rings (SSSR count). The van der Waals surface area contributed by atoms with Crippen LogP contribution in [0.4, 0.5) is 0 Å². The quantitative estimate of drug-likeness (QED) is 0.742. The molecule has 0 aliphatic heterocycles. The SMILES string of the molecule is Brc1c[c]c(-c2ncco2)cc1. The van der Waals surface area contributed by atoms with Gasteiger partial charge in [-0.2, -0.15) is 0 Å². The van der Waals surface area contributed by atoms with Gasteiger partial charge >= 0.3 is 0 Å². The van der Waals surface area contributed by atoms with E-state index in [2.05, 4.69) is 27.0 Å². The Balaban J connectivity index is 2.43. The summed E-state index contributed by atoms with van der Waals surface area (Å²) in [5.41, 5.74) is 0.864. The van der Waals surface area contributed by atoms with Crippen molar-refractivity contribution in [3.05, 3.63) is 41.2 Å². The number of nitrogens with zero attached hydrogens (tertiary/aromatic N) is 1. The molecular formula is C9H5BrNO. The molecule has 0 bridgehead atoms. The average molecular weight is 223 g/mol. The van der Waals surface area contributed by atoms with Crippen molar-refractivity contribution < 1.29 is 4.42 Å². The summed E-state index contributed by atoms with van der Waals surface area (Å²) in [6.45, 7) is 0. The summed E-state index contributed by atoms with van der Waals surface area (Å²) in [4.78, 5) is 4.00. The highest BCUT2D eigenvalue weighted by molar-refractivity contribution is 9.10. The van der Waals surface area contributed by atoms with Gasteiger partial charge in [-0.05, 0) is 24.3 Å². The van der Waals surface area contributed by atoms with Gasteiger partial charge < -0.3 is 4.42 Å². The van der Waals surface area contributed by atoms with Gasteiger partial charge in [-0.1, -0.05) is 15.9 Å². The molecular weight excluding hydrogens is 218 g/mol. The number of aromatic nitrogens is 1. The third-order valence-electron chi connectivity index (χ3n) is 1.44. The van der Waals surface area contributed by atoms with E-state index in [1.54, 1.807) is 12.5 Å². The molecule has 0 aliphatic carbocycles. The van der Waals surface area contributed by atoms with E-state index in [-0.39, 0.29) is 0 Å². The highest BCUT2D eigenvalue weighted by Gasteiger charge is 2.00. The van der Waals surface area contributed by atoms with Crippen molar-refractivity contribution in [2.75, 3.05) is 0 Å². The maximum atomic E-state index is 5.10. The van der Waals surface area contributed by atoms with Crippen LogP contribution in [0.25, 0.3) is 11.5 Å². The fourth-order valence-corrected chi connectivity index (χ4v) is 1.14. The molecule has 0 unspecified atom stereocenters. The van der Waals surface area contributed by atoms with Crippen LogP contribution in [-0.4, -0.2) is 4.98 Å². The zero-order valence-electron chi connectivity index (χ0n) is 6.12. The first-order chi connectivity index (χ1) is 5.86. The van der Waals surface area contributed by atoms with Crippen LogP contribution in [0.5, 0.6) is 0 Å². The highest BCUT2D eigenvalue weighted by atomic mass is 79.9. The van der Waals surface area contributed by atoms with Crippen LogP contribution in [0.1, 0.15) is 0 Å². The zero-order valence-corrected chi connectivity index (χ0v) is 7.71. The van der Waals surface area contributed by atoms with Crippen LogP contribution in [0.2, 0.25) is 0 Å². The van der Waals surface area contributed by atoms with E-state index in [0.29, 0.717) is 5.89 Å². The van der Waals surface area contributed by atoms with Gasteiger partial charge in [0.2, 0.25) is 5.89 Å². The smallest absolute Gasteiger partial charge is 0.226 e. The normalized spacial score (nSPS) is 10.1. The molecule has 12 heavy (non-hydrogen) atoms. The van der Waals surface area contributed by atoms with E-state index in [0.717, 1.165) is 10.0 Å². The maximum absolute atomic E-state index is 5.10. The minimum absolute atomic E-state index is 0.600. The van der Waals surface area contributed by atoms with Crippen LogP contribution in [-0.2, 0) is 0 Å². The second-order valence-electron chi connectivity index (χ2n) is 2.26. The van der Waals surface area contributed by atoms with Gasteiger partial charge in [0.25, 0.3) is 0 Å². The summed E-state index contributed by atoms with van der Waals surface area (Å²) in [5, 5.41) is 0. The second-order valence-corrected chi connectivity index (χ2v) is 3.17. The lowest BCUT2D eigenvalue weighted by Gasteiger charge is -1.93. The molecule has 0 spiro atoms. The lowest BCUT2D eigenvalue weighted by molar-refractivity contribution is 0.574. The average Bonchev–Trinajstić information content (AvgIpc) is 2.58. The molecule has 0 aliphatic rings. The van der Waals surface area contributed by atoms with Crippen LogP contribution in [0, 0.1) is 6.07 Å². The molecule has 1 heterocycles. The Morgan fingerprint density at radius 3 is 2.92 bits per heavy atom. The van der Waals surface area contributed by atoms with Gasteiger partial charge in [0.05, 0.1) is 6.20 Å². The van der Waals surface area contributed by atoms with Crippen LogP contribution in [0.15, 0.2) is 39.5 Å². The third-order valence-corrected chi connectivity index (χ3v) is 1.93. The topological polar surface area (TPSA) is 26.0 Å². The third kappa shape index (κ3) is 1.41. The van der Waals surface area contributed by atoms with Crippen LogP contribution in [0.3, 0.4) is 0 Å². The van der Waals surface area contributed by atoms with Gasteiger partial charge in [0.15, 0.2) is 0 Å².